The van der Waals surface area contributed by atoms with Gasteiger partial charge in [0.05, 0.1) is 17.8 Å². The zero-order valence-electron chi connectivity index (χ0n) is 10.1. The minimum absolute atomic E-state index is 0.0771. The Bertz CT molecular complexity index is 486. The molecule has 0 saturated carbocycles. The molecule has 1 aromatic rings. The number of nitrogen functional groups attached to an aromatic ring is 1. The van der Waals surface area contributed by atoms with Crippen LogP contribution in [0.5, 0.6) is 0 Å². The number of benzene rings is 1. The van der Waals surface area contributed by atoms with Crippen LogP contribution in [0, 0.1) is 11.3 Å². The zero-order chi connectivity index (χ0) is 13.0. The number of hydrogen-bond acceptors (Lipinski definition) is 4. The monoisotopic (exact) mass is 244 g/mol. The Kier molecular flexibility index (Phi) is 3.68. The predicted octanol–water partition coefficient (Wildman–Crippen LogP) is 1.17. The van der Waals surface area contributed by atoms with Gasteiger partial charge in [-0.1, -0.05) is 0 Å². The van der Waals surface area contributed by atoms with Gasteiger partial charge in [0.2, 0.25) is 5.91 Å². The molecular formula is C13H16N4O. The van der Waals surface area contributed by atoms with E-state index < -0.39 is 0 Å². The van der Waals surface area contributed by atoms with Crippen LogP contribution in [-0.2, 0) is 4.79 Å². The molecule has 1 heterocycles. The highest BCUT2D eigenvalue weighted by molar-refractivity contribution is 5.81. The van der Waals surface area contributed by atoms with Crippen LogP contribution in [-0.4, -0.2) is 30.4 Å². The van der Waals surface area contributed by atoms with Gasteiger partial charge in [-0.25, -0.2) is 0 Å². The van der Waals surface area contributed by atoms with E-state index >= 15 is 0 Å². The summed E-state index contributed by atoms with van der Waals surface area (Å²) in [5.41, 5.74) is 7.26. The van der Waals surface area contributed by atoms with Crippen LogP contribution in [0.4, 0.5) is 11.4 Å². The largest absolute Gasteiger partial charge is 0.399 e. The van der Waals surface area contributed by atoms with E-state index in [0.717, 1.165) is 25.9 Å². The highest BCUT2D eigenvalue weighted by Crippen LogP contribution is 2.18. The molecule has 0 spiro atoms. The number of hydrogen-bond donors (Lipinski definition) is 2. The Labute approximate surface area is 106 Å². The SMILES string of the molecule is N#Cc1cc(N)ccc1NCC(=O)N1CCCC1. The summed E-state index contributed by atoms with van der Waals surface area (Å²) in [4.78, 5) is 13.7. The Hall–Kier alpha value is -2.22. The molecule has 1 aliphatic heterocycles. The minimum atomic E-state index is 0.0771. The fourth-order valence-corrected chi connectivity index (χ4v) is 2.06. The van der Waals surface area contributed by atoms with Crippen molar-refractivity contribution in [3.05, 3.63) is 23.8 Å². The minimum Gasteiger partial charge on any atom is -0.399 e. The summed E-state index contributed by atoms with van der Waals surface area (Å²) in [5.74, 6) is 0.0771. The van der Waals surface area contributed by atoms with Crippen molar-refractivity contribution in [2.45, 2.75) is 12.8 Å². The number of nitrogens with one attached hydrogen (secondary N) is 1. The first-order valence-electron chi connectivity index (χ1n) is 6.02. The van der Waals surface area contributed by atoms with Gasteiger partial charge in [-0.2, -0.15) is 5.26 Å². The van der Waals surface area contributed by atoms with Crippen LogP contribution >= 0.6 is 0 Å². The van der Waals surface area contributed by atoms with Gasteiger partial charge in [-0.15, -0.1) is 0 Å². The Morgan fingerprint density at radius 1 is 1.44 bits per heavy atom. The number of nitriles is 1. The van der Waals surface area contributed by atoms with Gasteiger partial charge in [-0.3, -0.25) is 4.79 Å². The van der Waals surface area contributed by atoms with Gasteiger partial charge in [-0.05, 0) is 31.0 Å². The van der Waals surface area contributed by atoms with Crippen LogP contribution in [0.15, 0.2) is 18.2 Å². The second-order valence-corrected chi connectivity index (χ2v) is 4.36. The molecule has 94 valence electrons. The fourth-order valence-electron chi connectivity index (χ4n) is 2.06. The predicted molar refractivity (Wildman–Crippen MR) is 69.9 cm³/mol. The highest BCUT2D eigenvalue weighted by Gasteiger charge is 2.17. The normalized spacial score (nSPS) is 14.3. The number of nitrogens with zero attached hydrogens (tertiary/aromatic N) is 2. The maximum Gasteiger partial charge on any atom is 0.241 e. The van der Waals surface area contributed by atoms with Gasteiger partial charge in [0.1, 0.15) is 6.07 Å². The quantitative estimate of drug-likeness (QED) is 0.782. The first-order valence-corrected chi connectivity index (χ1v) is 6.02. The summed E-state index contributed by atoms with van der Waals surface area (Å²) in [5, 5.41) is 12.0. The Morgan fingerprint density at radius 2 is 2.17 bits per heavy atom. The average Bonchev–Trinajstić information content (AvgIpc) is 2.90. The van der Waals surface area contributed by atoms with Gasteiger partial charge < -0.3 is 16.0 Å². The molecule has 3 N–H and O–H groups in total. The van der Waals surface area contributed by atoms with Gasteiger partial charge in [0.25, 0.3) is 0 Å². The number of anilines is 2. The van der Waals surface area contributed by atoms with Crippen LogP contribution in [0.25, 0.3) is 0 Å². The summed E-state index contributed by atoms with van der Waals surface area (Å²) in [6.07, 6.45) is 2.16. The van der Waals surface area contributed by atoms with Crippen molar-refractivity contribution in [2.75, 3.05) is 30.7 Å². The summed E-state index contributed by atoms with van der Waals surface area (Å²) in [6.45, 7) is 1.90. The molecular weight excluding hydrogens is 228 g/mol. The van der Waals surface area contributed by atoms with Crippen molar-refractivity contribution in [1.29, 1.82) is 5.26 Å². The van der Waals surface area contributed by atoms with E-state index in [1.54, 1.807) is 18.2 Å². The number of carbonyl (C=O) groups is 1. The van der Waals surface area contributed by atoms with Gasteiger partial charge in [0.15, 0.2) is 0 Å². The molecule has 0 aromatic heterocycles. The van der Waals surface area contributed by atoms with E-state index in [2.05, 4.69) is 11.4 Å². The van der Waals surface area contributed by atoms with Gasteiger partial charge >= 0.3 is 0 Å². The molecule has 1 aromatic carbocycles. The van der Waals surface area contributed by atoms with E-state index in [0.29, 0.717) is 16.9 Å². The maximum atomic E-state index is 11.8. The number of likely N-dealkylation sites (tertiary alicyclic amines) is 1. The summed E-state index contributed by atoms with van der Waals surface area (Å²) in [6, 6.07) is 7.10. The third kappa shape index (κ3) is 2.72. The topological polar surface area (TPSA) is 82.1 Å². The zero-order valence-corrected chi connectivity index (χ0v) is 10.1. The van der Waals surface area contributed by atoms with E-state index in [9.17, 15) is 4.79 Å². The maximum absolute atomic E-state index is 11.8. The second kappa shape index (κ2) is 5.41. The molecule has 0 radical (unpaired) electrons. The van der Waals surface area contributed by atoms with Crippen LogP contribution in [0.1, 0.15) is 18.4 Å². The molecule has 5 heteroatoms. The molecule has 18 heavy (non-hydrogen) atoms. The fraction of sp³-hybridized carbons (Fsp3) is 0.385. The molecule has 0 unspecified atom stereocenters. The molecule has 0 atom stereocenters. The lowest BCUT2D eigenvalue weighted by Gasteiger charge is -2.16. The van der Waals surface area contributed by atoms with Crippen molar-refractivity contribution in [3.8, 4) is 6.07 Å². The number of rotatable bonds is 3. The summed E-state index contributed by atoms with van der Waals surface area (Å²) in [7, 11) is 0. The number of carbonyl (C=O) groups excluding carboxylic acids is 1. The summed E-state index contributed by atoms with van der Waals surface area (Å²) >= 11 is 0. The lowest BCUT2D eigenvalue weighted by Crippen LogP contribution is -2.33. The van der Waals surface area contributed by atoms with E-state index in [4.69, 9.17) is 11.0 Å². The third-order valence-corrected chi connectivity index (χ3v) is 3.05. The standard InChI is InChI=1S/C13H16N4O/c14-8-10-7-11(15)3-4-12(10)16-9-13(18)17-5-1-2-6-17/h3-4,7,16H,1-2,5-6,9,15H2. The lowest BCUT2D eigenvalue weighted by atomic mass is 10.1. The molecule has 2 rings (SSSR count). The Morgan fingerprint density at radius 3 is 2.83 bits per heavy atom. The van der Waals surface area contributed by atoms with Crippen LogP contribution in [0.2, 0.25) is 0 Å². The molecule has 0 aliphatic carbocycles. The lowest BCUT2D eigenvalue weighted by molar-refractivity contribution is -0.128. The van der Waals surface area contributed by atoms with E-state index in [1.165, 1.54) is 0 Å². The first kappa shape index (κ1) is 12.2. The molecule has 1 amide bonds. The smallest absolute Gasteiger partial charge is 0.241 e. The van der Waals surface area contributed by atoms with E-state index in [1.807, 2.05) is 4.90 Å². The van der Waals surface area contributed by atoms with Crippen molar-refractivity contribution in [1.82, 2.24) is 4.90 Å². The number of nitrogens with two attached hydrogens (primary N) is 1. The van der Waals surface area contributed by atoms with E-state index in [-0.39, 0.29) is 12.5 Å². The van der Waals surface area contributed by atoms with Crippen LogP contribution in [0.3, 0.4) is 0 Å². The van der Waals surface area contributed by atoms with Gasteiger partial charge in [0, 0.05) is 18.8 Å². The van der Waals surface area contributed by atoms with Crippen molar-refractivity contribution >= 4 is 17.3 Å². The number of amides is 1. The second-order valence-electron chi connectivity index (χ2n) is 4.36. The molecule has 1 fully saturated rings. The van der Waals surface area contributed by atoms with Crippen LogP contribution < -0.4 is 11.1 Å². The first-order chi connectivity index (χ1) is 8.70. The molecule has 1 saturated heterocycles. The highest BCUT2D eigenvalue weighted by atomic mass is 16.2. The van der Waals surface area contributed by atoms with Crippen molar-refractivity contribution < 1.29 is 4.79 Å². The average molecular weight is 244 g/mol. The summed E-state index contributed by atoms with van der Waals surface area (Å²) < 4.78 is 0. The van der Waals surface area contributed by atoms with Crippen molar-refractivity contribution in [2.24, 2.45) is 0 Å². The third-order valence-electron chi connectivity index (χ3n) is 3.05. The molecule has 0 bridgehead atoms. The Balaban J connectivity index is 1.97. The van der Waals surface area contributed by atoms with Crippen molar-refractivity contribution in [3.63, 3.8) is 0 Å². The molecule has 1 aliphatic rings. The molecule has 5 nitrogen and oxygen atoms in total.